The fourth-order valence-corrected chi connectivity index (χ4v) is 6.35. The maximum Gasteiger partial charge on any atom is 0.335 e. The molecule has 1 atom stereocenters. The van der Waals surface area contributed by atoms with Crippen LogP contribution in [0.3, 0.4) is 0 Å². The predicted octanol–water partition coefficient (Wildman–Crippen LogP) is 5.56. The molecule has 36 heavy (non-hydrogen) atoms. The molecule has 1 amide bonds. The second-order valence-electron chi connectivity index (χ2n) is 8.42. The molecule has 2 aromatic heterocycles. The van der Waals surface area contributed by atoms with Gasteiger partial charge in [0.1, 0.15) is 15.5 Å². The first-order valence-electron chi connectivity index (χ1n) is 10.7. The van der Waals surface area contributed by atoms with Gasteiger partial charge >= 0.3 is 5.97 Å². The van der Waals surface area contributed by atoms with Crippen LogP contribution in [-0.4, -0.2) is 47.4 Å². The van der Waals surface area contributed by atoms with E-state index in [0.29, 0.717) is 21.5 Å². The molecule has 3 N–H and O–H groups in total. The first kappa shape index (κ1) is 26.2. The second kappa shape index (κ2) is 10.2. The summed E-state index contributed by atoms with van der Waals surface area (Å²) in [5, 5.41) is 12.9. The molecule has 0 saturated carbocycles. The zero-order valence-electron chi connectivity index (χ0n) is 19.1. The van der Waals surface area contributed by atoms with E-state index >= 15 is 0 Å². The van der Waals surface area contributed by atoms with Crippen molar-refractivity contribution >= 4 is 71.6 Å². The molecule has 0 radical (unpaired) electrons. The minimum atomic E-state index is -3.34. The van der Waals surface area contributed by atoms with E-state index in [0.717, 1.165) is 16.9 Å². The number of carboxylic acids is 1. The maximum absolute atomic E-state index is 12.8. The minimum Gasteiger partial charge on any atom is -0.478 e. The molecule has 2 aromatic carbocycles. The Labute approximate surface area is 221 Å². The van der Waals surface area contributed by atoms with Crippen molar-refractivity contribution < 1.29 is 23.1 Å². The highest BCUT2D eigenvalue weighted by Gasteiger charge is 2.23. The summed E-state index contributed by atoms with van der Waals surface area (Å²) in [6.45, 7) is 1.68. The minimum absolute atomic E-state index is 0.0417. The average Bonchev–Trinajstić information content (AvgIpc) is 3.33. The number of benzene rings is 2. The number of anilines is 1. The lowest BCUT2D eigenvalue weighted by atomic mass is 9.92. The van der Waals surface area contributed by atoms with Gasteiger partial charge in [0.15, 0.2) is 5.13 Å². The largest absolute Gasteiger partial charge is 0.478 e. The summed E-state index contributed by atoms with van der Waals surface area (Å²) >= 11 is 13.3. The Balaban J connectivity index is 1.74. The van der Waals surface area contributed by atoms with E-state index in [1.54, 1.807) is 6.92 Å². The number of carboxylic acid groups (broad SMARTS) is 1. The molecule has 0 bridgehead atoms. The summed E-state index contributed by atoms with van der Waals surface area (Å²) in [5.74, 6) is -2.21. The van der Waals surface area contributed by atoms with Crippen molar-refractivity contribution in [2.75, 3.05) is 17.3 Å². The zero-order chi connectivity index (χ0) is 26.2. The SMILES string of the molecule is Cc1[nH]c(C(=O)Nc2nc3c(CC(CS(C)(=O)=O)c4ccccc4)cc(C(=O)O)cc3s2)c(Cl)c1Cl. The number of carbonyl (C=O) groups is 2. The van der Waals surface area contributed by atoms with E-state index in [1.165, 1.54) is 18.4 Å². The molecule has 4 rings (SSSR count). The number of carbonyl (C=O) groups excluding carboxylic acids is 1. The molecule has 0 saturated heterocycles. The molecule has 0 fully saturated rings. The molecular formula is C24H21Cl2N3O5S2. The van der Waals surface area contributed by atoms with Gasteiger partial charge in [-0.3, -0.25) is 10.1 Å². The molecule has 0 aliphatic heterocycles. The Morgan fingerprint density at radius 1 is 1.17 bits per heavy atom. The van der Waals surface area contributed by atoms with Crippen molar-refractivity contribution in [3.63, 3.8) is 0 Å². The molecule has 0 aliphatic carbocycles. The monoisotopic (exact) mass is 565 g/mol. The lowest BCUT2D eigenvalue weighted by molar-refractivity contribution is 0.0696. The summed E-state index contributed by atoms with van der Waals surface area (Å²) in [6, 6.07) is 12.1. The van der Waals surface area contributed by atoms with Crippen LogP contribution in [-0.2, 0) is 16.3 Å². The number of aromatic nitrogens is 2. The molecule has 0 aliphatic rings. The Hall–Kier alpha value is -2.92. The van der Waals surface area contributed by atoms with E-state index in [2.05, 4.69) is 15.3 Å². The predicted molar refractivity (Wildman–Crippen MR) is 143 cm³/mol. The fourth-order valence-electron chi connectivity index (χ4n) is 3.95. The smallest absolute Gasteiger partial charge is 0.335 e. The topological polar surface area (TPSA) is 129 Å². The highest BCUT2D eigenvalue weighted by Crippen LogP contribution is 2.34. The van der Waals surface area contributed by atoms with Crippen LogP contribution in [0.2, 0.25) is 10.0 Å². The second-order valence-corrected chi connectivity index (χ2v) is 12.4. The van der Waals surface area contributed by atoms with Crippen LogP contribution in [0.5, 0.6) is 0 Å². The van der Waals surface area contributed by atoms with Crippen LogP contribution in [0.4, 0.5) is 5.13 Å². The number of hydrogen-bond acceptors (Lipinski definition) is 6. The van der Waals surface area contributed by atoms with Gasteiger partial charge in [-0.15, -0.1) is 0 Å². The lowest BCUT2D eigenvalue weighted by Crippen LogP contribution is -2.16. The molecule has 8 nitrogen and oxygen atoms in total. The van der Waals surface area contributed by atoms with Crippen LogP contribution in [0.25, 0.3) is 10.2 Å². The summed E-state index contributed by atoms with van der Waals surface area (Å²) in [4.78, 5) is 32.0. The van der Waals surface area contributed by atoms with Crippen molar-refractivity contribution in [1.82, 2.24) is 9.97 Å². The highest BCUT2D eigenvalue weighted by atomic mass is 35.5. The summed E-state index contributed by atoms with van der Waals surface area (Å²) in [6.07, 6.45) is 1.41. The van der Waals surface area contributed by atoms with Crippen molar-refractivity contribution in [2.24, 2.45) is 0 Å². The number of amides is 1. The quantitative estimate of drug-likeness (QED) is 0.256. The molecule has 4 aromatic rings. The number of rotatable bonds is 8. The molecule has 12 heteroatoms. The van der Waals surface area contributed by atoms with E-state index in [9.17, 15) is 23.1 Å². The van der Waals surface area contributed by atoms with Crippen LogP contribution < -0.4 is 5.32 Å². The van der Waals surface area contributed by atoms with Gasteiger partial charge in [-0.25, -0.2) is 18.2 Å². The molecule has 188 valence electrons. The van der Waals surface area contributed by atoms with Gasteiger partial charge in [0, 0.05) is 17.9 Å². The number of aromatic carboxylic acids is 1. The molecule has 2 heterocycles. The number of aromatic amines is 1. The highest BCUT2D eigenvalue weighted by molar-refractivity contribution is 7.90. The van der Waals surface area contributed by atoms with E-state index < -0.39 is 27.6 Å². The van der Waals surface area contributed by atoms with E-state index in [4.69, 9.17) is 23.2 Å². The third kappa shape index (κ3) is 5.73. The van der Waals surface area contributed by atoms with Crippen molar-refractivity contribution in [3.05, 3.63) is 80.6 Å². The van der Waals surface area contributed by atoms with Crippen LogP contribution in [0.1, 0.15) is 43.6 Å². The number of H-pyrrole nitrogens is 1. The van der Waals surface area contributed by atoms with Crippen LogP contribution >= 0.6 is 34.5 Å². The molecular weight excluding hydrogens is 545 g/mol. The molecule has 1 unspecified atom stereocenters. The first-order chi connectivity index (χ1) is 16.9. The Bertz CT molecular complexity index is 1580. The number of halogens is 2. The number of fused-ring (bicyclic) bond motifs is 1. The average molecular weight is 566 g/mol. The number of hydrogen-bond donors (Lipinski definition) is 3. The van der Waals surface area contributed by atoms with Crippen molar-refractivity contribution in [3.8, 4) is 0 Å². The standard InChI is InChI=1S/C24H21Cl2N3O5S2/c1-12-18(25)19(26)21(27-12)22(30)29-24-28-20-14(8-15(23(31)32)10-17(20)35-24)9-16(11-36(2,33)34)13-6-4-3-5-7-13/h3-8,10,16,27H,9,11H2,1-2H3,(H,31,32)(H,28,29,30). The normalized spacial score (nSPS) is 12.6. The van der Waals surface area contributed by atoms with Gasteiger partial charge in [-0.1, -0.05) is 64.9 Å². The van der Waals surface area contributed by atoms with Crippen molar-refractivity contribution in [2.45, 2.75) is 19.3 Å². The van der Waals surface area contributed by atoms with Gasteiger partial charge in [0.2, 0.25) is 0 Å². The van der Waals surface area contributed by atoms with E-state index in [-0.39, 0.29) is 38.6 Å². The van der Waals surface area contributed by atoms with Gasteiger partial charge < -0.3 is 10.1 Å². The maximum atomic E-state index is 12.8. The fraction of sp³-hybridized carbons (Fsp3) is 0.208. The van der Waals surface area contributed by atoms with Gasteiger partial charge in [-0.05, 0) is 36.6 Å². The zero-order valence-corrected chi connectivity index (χ0v) is 22.3. The third-order valence-corrected chi connectivity index (χ3v) is 8.44. The Kier molecular flexibility index (Phi) is 7.42. The van der Waals surface area contributed by atoms with E-state index in [1.807, 2.05) is 30.3 Å². The number of sulfone groups is 1. The summed E-state index contributed by atoms with van der Waals surface area (Å²) < 4.78 is 24.9. The number of nitrogens with zero attached hydrogens (tertiary/aromatic N) is 1. The summed E-state index contributed by atoms with van der Waals surface area (Å²) in [7, 11) is -3.34. The lowest BCUT2D eigenvalue weighted by Gasteiger charge is -2.17. The van der Waals surface area contributed by atoms with Crippen molar-refractivity contribution in [1.29, 1.82) is 0 Å². The van der Waals surface area contributed by atoms with Gasteiger partial charge in [-0.2, -0.15) is 0 Å². The van der Waals surface area contributed by atoms with Crippen LogP contribution in [0.15, 0.2) is 42.5 Å². The summed E-state index contributed by atoms with van der Waals surface area (Å²) in [5.41, 5.74) is 2.54. The number of aryl methyl sites for hydroxylation is 1. The van der Waals surface area contributed by atoms with Gasteiger partial charge in [0.25, 0.3) is 5.91 Å². The van der Waals surface area contributed by atoms with Gasteiger partial charge in [0.05, 0.1) is 31.6 Å². The van der Waals surface area contributed by atoms with Crippen LogP contribution in [0, 0.1) is 6.92 Å². The number of thiazole rings is 1. The Morgan fingerprint density at radius 3 is 2.44 bits per heavy atom. The Morgan fingerprint density at radius 2 is 1.86 bits per heavy atom. The molecule has 0 spiro atoms. The first-order valence-corrected chi connectivity index (χ1v) is 14.3. The third-order valence-electron chi connectivity index (χ3n) is 5.56. The number of nitrogens with one attached hydrogen (secondary N) is 2.